The predicted molar refractivity (Wildman–Crippen MR) is 56.2 cm³/mol. The molecule has 0 aromatic carbocycles. The maximum absolute atomic E-state index is 3.70. The van der Waals surface area contributed by atoms with Crippen LogP contribution in [0.15, 0.2) is 24.4 Å². The molecular formula is C10H19N3. The summed E-state index contributed by atoms with van der Waals surface area (Å²) in [6.07, 6.45) is 3.85. The Kier molecular flexibility index (Phi) is 3.99. The van der Waals surface area contributed by atoms with Gasteiger partial charge in [-0.25, -0.2) is 5.01 Å². The fourth-order valence-corrected chi connectivity index (χ4v) is 1.19. The maximum atomic E-state index is 3.70. The van der Waals surface area contributed by atoms with Crippen molar-refractivity contribution in [3.63, 3.8) is 0 Å². The maximum Gasteiger partial charge on any atom is 0.0306 e. The number of hydrogen-bond acceptors (Lipinski definition) is 3. The number of hydrazine groups is 1. The van der Waals surface area contributed by atoms with E-state index in [4.69, 9.17) is 0 Å². The predicted octanol–water partition coefficient (Wildman–Crippen LogP) is 0.828. The molecule has 74 valence electrons. The molecule has 0 spiro atoms. The highest BCUT2D eigenvalue weighted by atomic mass is 15.5. The summed E-state index contributed by atoms with van der Waals surface area (Å²) in [5, 5.41) is 2.23. The molecular weight excluding hydrogens is 162 g/mol. The van der Waals surface area contributed by atoms with E-state index < -0.39 is 0 Å². The zero-order valence-corrected chi connectivity index (χ0v) is 8.58. The molecule has 1 fully saturated rings. The van der Waals surface area contributed by atoms with Crippen molar-refractivity contribution in [3.8, 4) is 0 Å². The molecule has 1 rings (SSSR count). The lowest BCUT2D eigenvalue weighted by atomic mass is 10.3. The SMILES string of the molecule is C=C/C(C)=C\NN1CCN(C)CC1. The van der Waals surface area contributed by atoms with Gasteiger partial charge in [0.15, 0.2) is 0 Å². The van der Waals surface area contributed by atoms with Gasteiger partial charge in [-0.2, -0.15) is 0 Å². The lowest BCUT2D eigenvalue weighted by molar-refractivity contribution is 0.123. The van der Waals surface area contributed by atoms with E-state index in [2.05, 4.69) is 29.0 Å². The monoisotopic (exact) mass is 181 g/mol. The first-order valence-corrected chi connectivity index (χ1v) is 4.71. The van der Waals surface area contributed by atoms with E-state index in [9.17, 15) is 0 Å². The van der Waals surface area contributed by atoms with Crippen molar-refractivity contribution in [2.75, 3.05) is 33.2 Å². The molecule has 0 aromatic heterocycles. The first-order valence-electron chi connectivity index (χ1n) is 4.71. The van der Waals surface area contributed by atoms with E-state index in [1.807, 2.05) is 19.2 Å². The van der Waals surface area contributed by atoms with Gasteiger partial charge in [0.05, 0.1) is 0 Å². The van der Waals surface area contributed by atoms with Crippen LogP contribution in [0.5, 0.6) is 0 Å². The van der Waals surface area contributed by atoms with Gasteiger partial charge < -0.3 is 10.3 Å². The van der Waals surface area contributed by atoms with Gasteiger partial charge in [-0.05, 0) is 19.5 Å². The molecule has 0 amide bonds. The Morgan fingerprint density at radius 3 is 2.46 bits per heavy atom. The van der Waals surface area contributed by atoms with E-state index in [1.165, 1.54) is 5.57 Å². The van der Waals surface area contributed by atoms with Crippen LogP contribution in [0.1, 0.15) is 6.92 Å². The van der Waals surface area contributed by atoms with Crippen LogP contribution in [0.4, 0.5) is 0 Å². The summed E-state index contributed by atoms with van der Waals surface area (Å²) >= 11 is 0. The summed E-state index contributed by atoms with van der Waals surface area (Å²) < 4.78 is 0. The molecule has 3 heteroatoms. The number of likely N-dealkylation sites (N-methyl/N-ethyl adjacent to an activating group) is 1. The molecule has 13 heavy (non-hydrogen) atoms. The summed E-state index contributed by atoms with van der Waals surface area (Å²) in [4.78, 5) is 2.34. The van der Waals surface area contributed by atoms with Crippen molar-refractivity contribution < 1.29 is 0 Å². The molecule has 1 N–H and O–H groups in total. The quantitative estimate of drug-likeness (QED) is 0.651. The van der Waals surface area contributed by atoms with Crippen LogP contribution in [0.3, 0.4) is 0 Å². The molecule has 1 aliphatic rings. The molecule has 0 atom stereocenters. The lowest BCUT2D eigenvalue weighted by Gasteiger charge is -2.32. The smallest absolute Gasteiger partial charge is 0.0306 e. The lowest BCUT2D eigenvalue weighted by Crippen LogP contribution is -2.49. The molecule has 1 aliphatic heterocycles. The third-order valence-corrected chi connectivity index (χ3v) is 2.30. The van der Waals surface area contributed by atoms with E-state index in [1.54, 1.807) is 0 Å². The fraction of sp³-hybridized carbons (Fsp3) is 0.600. The molecule has 1 saturated heterocycles. The van der Waals surface area contributed by atoms with Gasteiger partial charge in [0.1, 0.15) is 0 Å². The van der Waals surface area contributed by atoms with Crippen LogP contribution >= 0.6 is 0 Å². The largest absolute Gasteiger partial charge is 0.326 e. The average Bonchev–Trinajstić information content (AvgIpc) is 2.16. The minimum Gasteiger partial charge on any atom is -0.326 e. The molecule has 1 heterocycles. The van der Waals surface area contributed by atoms with Crippen LogP contribution in [-0.4, -0.2) is 43.1 Å². The minimum atomic E-state index is 1.08. The van der Waals surface area contributed by atoms with Gasteiger partial charge in [0.2, 0.25) is 0 Å². The van der Waals surface area contributed by atoms with Crippen LogP contribution in [0, 0.1) is 0 Å². The third kappa shape index (κ3) is 3.61. The average molecular weight is 181 g/mol. The van der Waals surface area contributed by atoms with Gasteiger partial charge in [-0.15, -0.1) is 0 Å². The van der Waals surface area contributed by atoms with Crippen LogP contribution in [0.25, 0.3) is 0 Å². The highest BCUT2D eigenvalue weighted by Gasteiger charge is 2.11. The topological polar surface area (TPSA) is 18.5 Å². The zero-order valence-electron chi connectivity index (χ0n) is 8.58. The Hall–Kier alpha value is -0.800. The highest BCUT2D eigenvalue weighted by Crippen LogP contribution is 1.96. The van der Waals surface area contributed by atoms with Crippen LogP contribution in [-0.2, 0) is 0 Å². The van der Waals surface area contributed by atoms with Gasteiger partial charge >= 0.3 is 0 Å². The molecule has 0 unspecified atom stereocenters. The van der Waals surface area contributed by atoms with Gasteiger partial charge in [0, 0.05) is 32.4 Å². The normalized spacial score (nSPS) is 21.5. The third-order valence-electron chi connectivity index (χ3n) is 2.30. The molecule has 3 nitrogen and oxygen atoms in total. The van der Waals surface area contributed by atoms with Crippen molar-refractivity contribution in [1.29, 1.82) is 0 Å². The molecule has 0 aromatic rings. The first-order chi connectivity index (χ1) is 6.22. The Morgan fingerprint density at radius 1 is 1.31 bits per heavy atom. The summed E-state index contributed by atoms with van der Waals surface area (Å²) in [5.74, 6) is 0. The van der Waals surface area contributed by atoms with E-state index in [-0.39, 0.29) is 0 Å². The Bertz CT molecular complexity index is 190. The first kappa shape index (κ1) is 10.3. The van der Waals surface area contributed by atoms with Crippen LogP contribution < -0.4 is 5.43 Å². The minimum absolute atomic E-state index is 1.08. The van der Waals surface area contributed by atoms with Crippen molar-refractivity contribution in [2.45, 2.75) is 6.92 Å². The summed E-state index contributed by atoms with van der Waals surface area (Å²) in [7, 11) is 2.15. The molecule has 0 radical (unpaired) electrons. The van der Waals surface area contributed by atoms with Crippen molar-refractivity contribution in [3.05, 3.63) is 24.4 Å². The van der Waals surface area contributed by atoms with E-state index in [0.29, 0.717) is 0 Å². The highest BCUT2D eigenvalue weighted by molar-refractivity contribution is 5.11. The summed E-state index contributed by atoms with van der Waals surface area (Å²) in [5.41, 5.74) is 4.43. The number of hydrogen-bond donors (Lipinski definition) is 1. The second-order valence-electron chi connectivity index (χ2n) is 3.51. The molecule has 0 bridgehead atoms. The summed E-state index contributed by atoms with van der Waals surface area (Å²) in [6.45, 7) is 10.2. The second-order valence-corrected chi connectivity index (χ2v) is 3.51. The number of allylic oxidation sites excluding steroid dienone is 2. The van der Waals surface area contributed by atoms with Gasteiger partial charge in [0.25, 0.3) is 0 Å². The summed E-state index contributed by atoms with van der Waals surface area (Å²) in [6, 6.07) is 0. The second kappa shape index (κ2) is 5.04. The molecule has 0 saturated carbocycles. The van der Waals surface area contributed by atoms with Crippen molar-refractivity contribution >= 4 is 0 Å². The fourth-order valence-electron chi connectivity index (χ4n) is 1.19. The number of nitrogens with zero attached hydrogens (tertiary/aromatic N) is 2. The number of piperazine rings is 1. The van der Waals surface area contributed by atoms with E-state index >= 15 is 0 Å². The number of nitrogens with one attached hydrogen (secondary N) is 1. The van der Waals surface area contributed by atoms with Gasteiger partial charge in [-0.1, -0.05) is 12.7 Å². The number of rotatable bonds is 3. The van der Waals surface area contributed by atoms with Crippen molar-refractivity contribution in [2.24, 2.45) is 0 Å². The standard InChI is InChI=1S/C10H19N3/c1-4-10(2)9-11-13-7-5-12(3)6-8-13/h4,9,11H,1,5-8H2,2-3H3/b10-9-. The van der Waals surface area contributed by atoms with Crippen molar-refractivity contribution in [1.82, 2.24) is 15.3 Å². The molecule has 0 aliphatic carbocycles. The Balaban J connectivity index is 2.26. The Morgan fingerprint density at radius 2 is 1.92 bits per heavy atom. The Labute approximate surface area is 80.7 Å². The van der Waals surface area contributed by atoms with E-state index in [0.717, 1.165) is 26.2 Å². The van der Waals surface area contributed by atoms with Gasteiger partial charge in [-0.3, -0.25) is 0 Å². The zero-order chi connectivity index (χ0) is 9.68. The van der Waals surface area contributed by atoms with Crippen LogP contribution in [0.2, 0.25) is 0 Å².